The predicted molar refractivity (Wildman–Crippen MR) is 192 cm³/mol. The molecule has 0 heterocycles. The van der Waals surface area contributed by atoms with Crippen molar-refractivity contribution in [3.05, 3.63) is 41.5 Å². The van der Waals surface area contributed by atoms with Gasteiger partial charge in [-0.3, -0.25) is 0 Å². The highest BCUT2D eigenvalue weighted by Gasteiger charge is 2.59. The van der Waals surface area contributed by atoms with Gasteiger partial charge in [-0.1, -0.05) is 123 Å². The van der Waals surface area contributed by atoms with Crippen molar-refractivity contribution < 1.29 is 14.3 Å². The van der Waals surface area contributed by atoms with Gasteiger partial charge < -0.3 is 9.47 Å². The Morgan fingerprint density at radius 2 is 1.59 bits per heavy atom. The third-order valence-electron chi connectivity index (χ3n) is 13.7. The van der Waals surface area contributed by atoms with E-state index < -0.39 is 6.16 Å². The lowest BCUT2D eigenvalue weighted by Gasteiger charge is -2.58. The van der Waals surface area contributed by atoms with E-state index in [2.05, 4.69) is 59.8 Å². The topological polar surface area (TPSA) is 35.5 Å². The Hall–Kier alpha value is -1.77. The smallest absolute Gasteiger partial charge is 0.430 e. The summed E-state index contributed by atoms with van der Waals surface area (Å²) in [6.07, 6.45) is 26.4. The standard InChI is InChI=1S/C43H68O3/c1-7-8-9-10-11-12-13-17-33-18-21-35(22-19-33)45-41(44)46-36-26-28-42(5)34(30-36)20-23-37-39-25-24-38(32(4)16-14-15-31(2)3)43(39,6)29-27-40(37)42/h18-22,31-32,36-40H,7-17,23-30H2,1-6H3/t32-,36-,37+,38-,39+,40-,42+,43-/m1/s1. The molecule has 0 radical (unpaired) electrons. The van der Waals surface area contributed by atoms with E-state index in [4.69, 9.17) is 9.47 Å². The second-order valence-electron chi connectivity index (χ2n) is 17.1. The second-order valence-corrected chi connectivity index (χ2v) is 17.1. The quantitative estimate of drug-likeness (QED) is 0.0835. The van der Waals surface area contributed by atoms with Crippen molar-refractivity contribution in [2.45, 2.75) is 170 Å². The zero-order valence-corrected chi connectivity index (χ0v) is 30.6. The Morgan fingerprint density at radius 3 is 2.33 bits per heavy atom. The van der Waals surface area contributed by atoms with Crippen LogP contribution in [0.5, 0.6) is 5.75 Å². The molecule has 0 aliphatic heterocycles. The Bertz CT molecular complexity index is 1140. The summed E-state index contributed by atoms with van der Waals surface area (Å²) in [5, 5.41) is 0. The van der Waals surface area contributed by atoms with Gasteiger partial charge in [-0.05, 0) is 122 Å². The number of unbranched alkanes of at least 4 members (excludes halogenated alkanes) is 6. The first kappa shape index (κ1) is 35.5. The van der Waals surface area contributed by atoms with Crippen molar-refractivity contribution in [2.24, 2.45) is 46.3 Å². The number of fused-ring (bicyclic) bond motifs is 5. The third-order valence-corrected chi connectivity index (χ3v) is 13.7. The van der Waals surface area contributed by atoms with Gasteiger partial charge in [-0.25, -0.2) is 4.79 Å². The van der Waals surface area contributed by atoms with Crippen LogP contribution in [0.15, 0.2) is 35.9 Å². The summed E-state index contributed by atoms with van der Waals surface area (Å²) in [5.74, 6) is 5.67. The molecule has 1 aromatic rings. The Balaban J connectivity index is 1.09. The summed E-state index contributed by atoms with van der Waals surface area (Å²) in [5.41, 5.74) is 3.67. The average Bonchev–Trinajstić information content (AvgIpc) is 3.38. The Morgan fingerprint density at radius 1 is 0.848 bits per heavy atom. The number of carbonyl (C=O) groups is 1. The minimum absolute atomic E-state index is 0.0728. The normalized spacial score (nSPS) is 32.7. The van der Waals surface area contributed by atoms with Crippen molar-refractivity contribution in [2.75, 3.05) is 0 Å². The molecule has 0 spiro atoms. The van der Waals surface area contributed by atoms with Crippen molar-refractivity contribution in [1.82, 2.24) is 0 Å². The van der Waals surface area contributed by atoms with Gasteiger partial charge in [-0.15, -0.1) is 0 Å². The molecular weight excluding hydrogens is 564 g/mol. The van der Waals surface area contributed by atoms with Crippen LogP contribution in [0.3, 0.4) is 0 Å². The zero-order valence-electron chi connectivity index (χ0n) is 30.6. The van der Waals surface area contributed by atoms with Crippen LogP contribution in [0.4, 0.5) is 4.79 Å². The molecule has 3 saturated carbocycles. The number of allylic oxidation sites excluding steroid dienone is 1. The SMILES string of the molecule is CCCCCCCCCc1ccc(OC(=O)O[C@@H]2CC[C@@]3(C)C(=CC[C@@H]4[C@H]3CC[C@]3(C)[C@@H]([C@H](C)CCCC(C)C)CC[C@@H]43)C2)cc1. The fourth-order valence-corrected chi connectivity index (χ4v) is 11.0. The molecule has 258 valence electrons. The summed E-state index contributed by atoms with van der Waals surface area (Å²) >= 11 is 0. The molecule has 0 aromatic heterocycles. The number of hydrogen-bond acceptors (Lipinski definition) is 3. The van der Waals surface area contributed by atoms with E-state index in [0.29, 0.717) is 11.2 Å². The second kappa shape index (κ2) is 16.1. The minimum atomic E-state index is -0.546. The molecule has 0 saturated heterocycles. The molecule has 8 atom stereocenters. The molecule has 46 heavy (non-hydrogen) atoms. The molecule has 4 aliphatic carbocycles. The first-order valence-corrected chi connectivity index (χ1v) is 19.8. The van der Waals surface area contributed by atoms with E-state index in [1.807, 2.05) is 12.1 Å². The molecule has 4 aliphatic rings. The number of hydrogen-bond donors (Lipinski definition) is 0. The average molecular weight is 633 g/mol. The van der Waals surface area contributed by atoms with E-state index >= 15 is 0 Å². The maximum Gasteiger partial charge on any atom is 0.514 e. The predicted octanol–water partition coefficient (Wildman–Crippen LogP) is 12.9. The van der Waals surface area contributed by atoms with Gasteiger partial charge in [-0.2, -0.15) is 0 Å². The maximum absolute atomic E-state index is 12.8. The highest BCUT2D eigenvalue weighted by Crippen LogP contribution is 2.67. The van der Waals surface area contributed by atoms with Gasteiger partial charge in [0.2, 0.25) is 0 Å². The number of benzene rings is 1. The van der Waals surface area contributed by atoms with Gasteiger partial charge in [0.05, 0.1) is 0 Å². The van der Waals surface area contributed by atoms with Crippen LogP contribution in [0.25, 0.3) is 0 Å². The lowest BCUT2D eigenvalue weighted by Crippen LogP contribution is -2.51. The molecule has 3 nitrogen and oxygen atoms in total. The van der Waals surface area contributed by atoms with Crippen LogP contribution in [-0.4, -0.2) is 12.3 Å². The van der Waals surface area contributed by atoms with Gasteiger partial charge in [0.1, 0.15) is 11.9 Å². The van der Waals surface area contributed by atoms with Crippen LogP contribution in [0.2, 0.25) is 0 Å². The highest BCUT2D eigenvalue weighted by atomic mass is 16.7. The van der Waals surface area contributed by atoms with Crippen LogP contribution in [0.1, 0.15) is 163 Å². The highest BCUT2D eigenvalue weighted by molar-refractivity contribution is 5.64. The summed E-state index contributed by atoms with van der Waals surface area (Å²) < 4.78 is 11.6. The summed E-state index contributed by atoms with van der Waals surface area (Å²) in [6.45, 7) is 14.8. The lowest BCUT2D eigenvalue weighted by molar-refractivity contribution is -0.0597. The van der Waals surface area contributed by atoms with Gasteiger partial charge in [0, 0.05) is 6.42 Å². The monoisotopic (exact) mass is 633 g/mol. The first-order chi connectivity index (χ1) is 22.1. The molecule has 3 fully saturated rings. The molecule has 0 N–H and O–H groups in total. The van der Waals surface area contributed by atoms with E-state index in [1.165, 1.54) is 102 Å². The minimum Gasteiger partial charge on any atom is -0.430 e. The van der Waals surface area contributed by atoms with E-state index in [0.717, 1.165) is 61.2 Å². The van der Waals surface area contributed by atoms with Crippen molar-refractivity contribution >= 4 is 6.16 Å². The molecule has 0 unspecified atom stereocenters. The van der Waals surface area contributed by atoms with Crippen LogP contribution < -0.4 is 4.74 Å². The van der Waals surface area contributed by atoms with Crippen LogP contribution in [0, 0.1) is 46.3 Å². The molecular formula is C43H68O3. The number of aryl methyl sites for hydroxylation is 1. The summed E-state index contributed by atoms with van der Waals surface area (Å²) in [6, 6.07) is 8.06. The maximum atomic E-state index is 12.8. The van der Waals surface area contributed by atoms with E-state index in [1.54, 1.807) is 5.57 Å². The van der Waals surface area contributed by atoms with Gasteiger partial charge >= 0.3 is 6.16 Å². The summed E-state index contributed by atoms with van der Waals surface area (Å²) in [4.78, 5) is 12.8. The van der Waals surface area contributed by atoms with Crippen LogP contribution in [-0.2, 0) is 11.2 Å². The molecule has 3 heteroatoms. The lowest BCUT2D eigenvalue weighted by atomic mass is 9.47. The fourth-order valence-electron chi connectivity index (χ4n) is 11.0. The third kappa shape index (κ3) is 8.26. The largest absolute Gasteiger partial charge is 0.514 e. The zero-order chi connectivity index (χ0) is 32.7. The number of carbonyl (C=O) groups excluding carboxylic acids is 1. The molecule has 1 aromatic carbocycles. The Labute approximate surface area is 283 Å². The fraction of sp³-hybridized carbons (Fsp3) is 0.791. The first-order valence-electron chi connectivity index (χ1n) is 19.8. The van der Waals surface area contributed by atoms with Crippen LogP contribution >= 0.6 is 0 Å². The van der Waals surface area contributed by atoms with Crippen molar-refractivity contribution in [3.8, 4) is 5.75 Å². The number of ether oxygens (including phenoxy) is 2. The Kier molecular flexibility index (Phi) is 12.4. The van der Waals surface area contributed by atoms with Gasteiger partial charge in [0.25, 0.3) is 0 Å². The number of rotatable bonds is 15. The summed E-state index contributed by atoms with van der Waals surface area (Å²) in [7, 11) is 0. The van der Waals surface area contributed by atoms with Gasteiger partial charge in [0.15, 0.2) is 0 Å². The van der Waals surface area contributed by atoms with E-state index in [9.17, 15) is 4.79 Å². The van der Waals surface area contributed by atoms with Crippen molar-refractivity contribution in [3.63, 3.8) is 0 Å². The molecule has 5 rings (SSSR count). The molecule has 0 bridgehead atoms. The molecule has 0 amide bonds. The van der Waals surface area contributed by atoms with Crippen molar-refractivity contribution in [1.29, 1.82) is 0 Å². The van der Waals surface area contributed by atoms with E-state index in [-0.39, 0.29) is 11.5 Å².